The lowest BCUT2D eigenvalue weighted by Gasteiger charge is -2.23. The maximum Gasteiger partial charge on any atom is 0.251 e. The summed E-state index contributed by atoms with van der Waals surface area (Å²) in [6, 6.07) is 15.1. The molecular formula is C21H23N5O2. The number of carbonyl (C=O) groups is 1. The summed E-state index contributed by atoms with van der Waals surface area (Å²) in [4.78, 5) is 12.5. The molecule has 0 bridgehead atoms. The molecule has 7 heteroatoms. The molecule has 28 heavy (non-hydrogen) atoms. The van der Waals surface area contributed by atoms with Gasteiger partial charge in [-0.2, -0.15) is 0 Å². The SMILES string of the molecule is O=C(NCc1ccc(OC2CCCCC2)cc1)c1cccc(-n2cnnn2)c1. The molecule has 1 fully saturated rings. The zero-order valence-corrected chi connectivity index (χ0v) is 15.6. The Hall–Kier alpha value is -3.22. The Kier molecular flexibility index (Phi) is 5.61. The van der Waals surface area contributed by atoms with E-state index in [1.165, 1.54) is 30.3 Å². The zero-order valence-electron chi connectivity index (χ0n) is 15.6. The second-order valence-electron chi connectivity index (χ2n) is 7.01. The van der Waals surface area contributed by atoms with Crippen LogP contribution < -0.4 is 10.1 Å². The molecule has 0 unspecified atom stereocenters. The average molecular weight is 377 g/mol. The summed E-state index contributed by atoms with van der Waals surface area (Å²) in [5.41, 5.74) is 2.33. The van der Waals surface area contributed by atoms with Crippen molar-refractivity contribution < 1.29 is 9.53 Å². The molecule has 4 rings (SSSR count). The van der Waals surface area contributed by atoms with E-state index >= 15 is 0 Å². The molecule has 0 atom stereocenters. The molecule has 1 aliphatic rings. The maximum atomic E-state index is 12.5. The number of rotatable bonds is 6. The fourth-order valence-corrected chi connectivity index (χ4v) is 3.41. The molecule has 1 aliphatic carbocycles. The zero-order chi connectivity index (χ0) is 19.2. The highest BCUT2D eigenvalue weighted by Crippen LogP contribution is 2.23. The van der Waals surface area contributed by atoms with E-state index in [1.807, 2.05) is 36.4 Å². The van der Waals surface area contributed by atoms with Crippen molar-refractivity contribution in [1.82, 2.24) is 25.5 Å². The van der Waals surface area contributed by atoms with Crippen LogP contribution in [0.1, 0.15) is 48.0 Å². The molecule has 0 radical (unpaired) electrons. The topological polar surface area (TPSA) is 81.9 Å². The second kappa shape index (κ2) is 8.65. The number of benzene rings is 2. The van der Waals surface area contributed by atoms with Crippen molar-refractivity contribution in [2.75, 3.05) is 0 Å². The molecule has 0 spiro atoms. The number of nitrogens with one attached hydrogen (secondary N) is 1. The van der Waals surface area contributed by atoms with Crippen LogP contribution in [0.2, 0.25) is 0 Å². The minimum Gasteiger partial charge on any atom is -0.490 e. The van der Waals surface area contributed by atoms with Crippen LogP contribution in [0.3, 0.4) is 0 Å². The first-order valence-electron chi connectivity index (χ1n) is 9.65. The van der Waals surface area contributed by atoms with Gasteiger partial charge in [0, 0.05) is 12.1 Å². The predicted molar refractivity (Wildman–Crippen MR) is 104 cm³/mol. The maximum absolute atomic E-state index is 12.5. The highest BCUT2D eigenvalue weighted by atomic mass is 16.5. The van der Waals surface area contributed by atoms with Gasteiger partial charge in [0.05, 0.1) is 11.8 Å². The van der Waals surface area contributed by atoms with Crippen LogP contribution in [0, 0.1) is 0 Å². The number of nitrogens with zero attached hydrogens (tertiary/aromatic N) is 4. The van der Waals surface area contributed by atoms with Crippen molar-refractivity contribution >= 4 is 5.91 Å². The van der Waals surface area contributed by atoms with Gasteiger partial charge in [-0.25, -0.2) is 4.68 Å². The molecule has 0 saturated heterocycles. The number of hydrogen-bond donors (Lipinski definition) is 1. The van der Waals surface area contributed by atoms with Crippen LogP contribution in [-0.2, 0) is 6.54 Å². The normalized spacial score (nSPS) is 14.6. The summed E-state index contributed by atoms with van der Waals surface area (Å²) in [6.45, 7) is 0.456. The molecule has 1 N–H and O–H groups in total. The van der Waals surface area contributed by atoms with Crippen molar-refractivity contribution in [3.05, 3.63) is 66.0 Å². The van der Waals surface area contributed by atoms with Crippen LogP contribution >= 0.6 is 0 Å². The third-order valence-electron chi connectivity index (χ3n) is 4.95. The Morgan fingerprint density at radius 3 is 2.68 bits per heavy atom. The van der Waals surface area contributed by atoms with Crippen LogP contribution in [0.25, 0.3) is 5.69 Å². The lowest BCUT2D eigenvalue weighted by Crippen LogP contribution is -2.23. The number of aromatic nitrogens is 4. The van der Waals surface area contributed by atoms with E-state index < -0.39 is 0 Å². The summed E-state index contributed by atoms with van der Waals surface area (Å²) < 4.78 is 7.56. The minimum absolute atomic E-state index is 0.141. The monoisotopic (exact) mass is 377 g/mol. The standard InChI is InChI=1S/C21H23N5O2/c27-21(17-5-4-6-18(13-17)26-15-23-24-25-26)22-14-16-9-11-20(12-10-16)28-19-7-2-1-3-8-19/h4-6,9-13,15,19H,1-3,7-8,14H2,(H,22,27). The Labute approximate surface area is 163 Å². The highest BCUT2D eigenvalue weighted by Gasteiger charge is 2.14. The number of tetrazole rings is 1. The molecule has 1 heterocycles. The lowest BCUT2D eigenvalue weighted by atomic mass is 9.98. The predicted octanol–water partition coefficient (Wildman–Crippen LogP) is 3.30. The van der Waals surface area contributed by atoms with Crippen LogP contribution in [-0.4, -0.2) is 32.2 Å². The van der Waals surface area contributed by atoms with Gasteiger partial charge in [0.15, 0.2) is 0 Å². The smallest absolute Gasteiger partial charge is 0.251 e. The first kappa shape index (κ1) is 18.2. The molecule has 144 valence electrons. The van der Waals surface area contributed by atoms with Crippen molar-refractivity contribution in [2.24, 2.45) is 0 Å². The van der Waals surface area contributed by atoms with E-state index in [-0.39, 0.29) is 5.91 Å². The fourth-order valence-electron chi connectivity index (χ4n) is 3.41. The molecule has 1 aromatic heterocycles. The number of hydrogen-bond acceptors (Lipinski definition) is 5. The summed E-state index contributed by atoms with van der Waals surface area (Å²) in [5.74, 6) is 0.758. The molecule has 1 saturated carbocycles. The van der Waals surface area contributed by atoms with Crippen molar-refractivity contribution in [3.63, 3.8) is 0 Å². The van der Waals surface area contributed by atoms with E-state index in [2.05, 4.69) is 20.8 Å². The lowest BCUT2D eigenvalue weighted by molar-refractivity contribution is 0.0951. The number of ether oxygens (including phenoxy) is 1. The highest BCUT2D eigenvalue weighted by molar-refractivity contribution is 5.94. The van der Waals surface area contributed by atoms with Crippen LogP contribution in [0.15, 0.2) is 54.9 Å². The van der Waals surface area contributed by atoms with E-state index in [4.69, 9.17) is 4.74 Å². The second-order valence-corrected chi connectivity index (χ2v) is 7.01. The summed E-state index contributed by atoms with van der Waals surface area (Å²) in [6.07, 6.45) is 7.94. The van der Waals surface area contributed by atoms with Crippen molar-refractivity contribution in [2.45, 2.75) is 44.8 Å². The van der Waals surface area contributed by atoms with Gasteiger partial charge in [0.2, 0.25) is 0 Å². The Bertz CT molecular complexity index is 903. The van der Waals surface area contributed by atoms with Gasteiger partial charge in [0.25, 0.3) is 5.91 Å². The van der Waals surface area contributed by atoms with Gasteiger partial charge in [-0.15, -0.1) is 5.10 Å². The third kappa shape index (κ3) is 4.54. The summed E-state index contributed by atoms with van der Waals surface area (Å²) in [5, 5.41) is 14.0. The number of carbonyl (C=O) groups excluding carboxylic acids is 1. The largest absolute Gasteiger partial charge is 0.490 e. The molecular weight excluding hydrogens is 354 g/mol. The average Bonchev–Trinajstić information content (AvgIpc) is 3.29. The molecule has 7 nitrogen and oxygen atoms in total. The van der Waals surface area contributed by atoms with Gasteiger partial charge < -0.3 is 10.1 Å². The minimum atomic E-state index is -0.141. The quantitative estimate of drug-likeness (QED) is 0.713. The summed E-state index contributed by atoms with van der Waals surface area (Å²) in [7, 11) is 0. The van der Waals surface area contributed by atoms with Crippen molar-refractivity contribution in [3.8, 4) is 11.4 Å². The van der Waals surface area contributed by atoms with Gasteiger partial charge in [-0.05, 0) is 72.0 Å². The van der Waals surface area contributed by atoms with E-state index in [1.54, 1.807) is 12.1 Å². The Morgan fingerprint density at radius 1 is 1.11 bits per heavy atom. The van der Waals surface area contributed by atoms with Crippen LogP contribution in [0.5, 0.6) is 5.75 Å². The fraction of sp³-hybridized carbons (Fsp3) is 0.333. The third-order valence-corrected chi connectivity index (χ3v) is 4.95. The Morgan fingerprint density at radius 2 is 1.93 bits per heavy atom. The van der Waals surface area contributed by atoms with E-state index in [9.17, 15) is 4.79 Å². The first-order valence-corrected chi connectivity index (χ1v) is 9.65. The van der Waals surface area contributed by atoms with Gasteiger partial charge in [0.1, 0.15) is 12.1 Å². The van der Waals surface area contributed by atoms with Crippen molar-refractivity contribution in [1.29, 1.82) is 0 Å². The van der Waals surface area contributed by atoms with Gasteiger partial charge >= 0.3 is 0 Å². The molecule has 2 aromatic carbocycles. The molecule has 0 aliphatic heterocycles. The van der Waals surface area contributed by atoms with Gasteiger partial charge in [-0.3, -0.25) is 4.79 Å². The molecule has 3 aromatic rings. The Balaban J connectivity index is 1.32. The van der Waals surface area contributed by atoms with Crippen LogP contribution in [0.4, 0.5) is 0 Å². The first-order chi connectivity index (χ1) is 13.8. The number of amides is 1. The van der Waals surface area contributed by atoms with E-state index in [0.29, 0.717) is 18.2 Å². The summed E-state index contributed by atoms with van der Waals surface area (Å²) >= 11 is 0. The molecule has 1 amide bonds. The van der Waals surface area contributed by atoms with Gasteiger partial charge in [-0.1, -0.05) is 24.6 Å². The van der Waals surface area contributed by atoms with E-state index in [0.717, 1.165) is 29.8 Å².